The number of carboxylic acid groups (broad SMARTS) is 1. The second kappa shape index (κ2) is 10.4. The molecule has 6 rings (SSSR count). The lowest BCUT2D eigenvalue weighted by Gasteiger charge is -2.19. The lowest BCUT2D eigenvalue weighted by atomic mass is 10.1. The van der Waals surface area contributed by atoms with Crippen molar-refractivity contribution in [2.24, 2.45) is 0 Å². The number of aromatic nitrogens is 2. The molecule has 0 radical (unpaired) electrons. The number of fused-ring (bicyclic) bond motifs is 2. The predicted molar refractivity (Wildman–Crippen MR) is 151 cm³/mol. The van der Waals surface area contributed by atoms with E-state index in [1.165, 1.54) is 10.8 Å². The monoisotopic (exact) mass is 532 g/mol. The maximum absolute atomic E-state index is 13.8. The van der Waals surface area contributed by atoms with Crippen molar-refractivity contribution in [1.82, 2.24) is 9.13 Å². The fourth-order valence-electron chi connectivity index (χ4n) is 4.91. The zero-order valence-corrected chi connectivity index (χ0v) is 21.3. The Morgan fingerprint density at radius 3 is 2.30 bits per heavy atom. The van der Waals surface area contributed by atoms with Crippen molar-refractivity contribution >= 4 is 27.6 Å². The quantitative estimate of drug-likeness (QED) is 0.273. The molecule has 1 unspecified atom stereocenters. The van der Waals surface area contributed by atoms with Crippen molar-refractivity contribution < 1.29 is 19.1 Å². The van der Waals surface area contributed by atoms with Gasteiger partial charge in [-0.1, -0.05) is 60.7 Å². The van der Waals surface area contributed by atoms with Gasteiger partial charge in [-0.15, -0.1) is 0 Å². The number of rotatable bonds is 8. The lowest BCUT2D eigenvalue weighted by Crippen LogP contribution is -2.45. The molecule has 198 valence electrons. The first kappa shape index (κ1) is 24.9. The van der Waals surface area contributed by atoms with Crippen LogP contribution >= 0.6 is 0 Å². The van der Waals surface area contributed by atoms with Gasteiger partial charge in [-0.3, -0.25) is 9.36 Å². The summed E-state index contributed by atoms with van der Waals surface area (Å²) in [5.41, 5.74) is -0.409. The van der Waals surface area contributed by atoms with Crippen molar-refractivity contribution in [1.29, 1.82) is 0 Å². The maximum Gasteiger partial charge on any atom is 0.332 e. The molecule has 1 N–H and O–H groups in total. The van der Waals surface area contributed by atoms with Crippen LogP contribution in [0.4, 0.5) is 0 Å². The van der Waals surface area contributed by atoms with Gasteiger partial charge in [0.25, 0.3) is 5.56 Å². The van der Waals surface area contributed by atoms with Crippen LogP contribution in [0.2, 0.25) is 0 Å². The first-order valence-corrected chi connectivity index (χ1v) is 12.7. The standard InChI is InChI=1S/C32H24N2O6/c35-30-27-19-25(40-24-13-12-22-9-4-5-10-23(22)18-24)14-15-28(27)33(20-26-11-6-16-39-26)32(38)34(30)29(31(36)37)17-21-7-2-1-3-8-21/h1-16,18-19,29H,17,20H2,(H,36,37). The number of benzene rings is 4. The summed E-state index contributed by atoms with van der Waals surface area (Å²) in [6.45, 7) is 0.0190. The topological polar surface area (TPSA) is 104 Å². The third-order valence-electron chi connectivity index (χ3n) is 6.86. The molecule has 0 fully saturated rings. The van der Waals surface area contributed by atoms with Crippen LogP contribution in [-0.4, -0.2) is 20.2 Å². The van der Waals surface area contributed by atoms with E-state index < -0.39 is 23.3 Å². The first-order valence-electron chi connectivity index (χ1n) is 12.7. The summed E-state index contributed by atoms with van der Waals surface area (Å²) in [4.78, 5) is 40.0. The molecule has 8 heteroatoms. The third kappa shape index (κ3) is 4.78. The van der Waals surface area contributed by atoms with Gasteiger partial charge >= 0.3 is 11.7 Å². The molecule has 0 amide bonds. The van der Waals surface area contributed by atoms with Gasteiger partial charge in [-0.25, -0.2) is 14.2 Å². The third-order valence-corrected chi connectivity index (χ3v) is 6.86. The molecule has 0 bridgehead atoms. The van der Waals surface area contributed by atoms with Crippen molar-refractivity contribution in [2.75, 3.05) is 0 Å². The molecule has 1 atom stereocenters. The minimum atomic E-state index is -1.42. The van der Waals surface area contributed by atoms with Crippen LogP contribution in [0.3, 0.4) is 0 Å². The highest BCUT2D eigenvalue weighted by Gasteiger charge is 2.27. The van der Waals surface area contributed by atoms with Gasteiger partial charge in [0.2, 0.25) is 0 Å². The van der Waals surface area contributed by atoms with Crippen LogP contribution in [-0.2, 0) is 17.8 Å². The largest absolute Gasteiger partial charge is 0.480 e. The van der Waals surface area contributed by atoms with E-state index >= 15 is 0 Å². The van der Waals surface area contributed by atoms with Gasteiger partial charge in [0, 0.05) is 6.42 Å². The minimum absolute atomic E-state index is 0.0190. The van der Waals surface area contributed by atoms with Gasteiger partial charge in [0.05, 0.1) is 23.7 Å². The summed E-state index contributed by atoms with van der Waals surface area (Å²) in [5.74, 6) is 0.162. The summed E-state index contributed by atoms with van der Waals surface area (Å²) < 4.78 is 13.7. The van der Waals surface area contributed by atoms with E-state index in [9.17, 15) is 19.5 Å². The second-order valence-corrected chi connectivity index (χ2v) is 9.46. The van der Waals surface area contributed by atoms with E-state index in [1.54, 1.807) is 54.6 Å². The highest BCUT2D eigenvalue weighted by atomic mass is 16.5. The van der Waals surface area contributed by atoms with Crippen LogP contribution in [0.25, 0.3) is 21.7 Å². The number of hydrogen-bond donors (Lipinski definition) is 1. The molecule has 0 spiro atoms. The Bertz CT molecular complexity index is 1960. The summed E-state index contributed by atoms with van der Waals surface area (Å²) in [7, 11) is 0. The molecule has 2 heterocycles. The summed E-state index contributed by atoms with van der Waals surface area (Å²) >= 11 is 0. The maximum atomic E-state index is 13.8. The number of nitrogens with zero attached hydrogens (tertiary/aromatic N) is 2. The number of aliphatic carboxylic acids is 1. The number of carboxylic acids is 1. The zero-order chi connectivity index (χ0) is 27.6. The first-order chi connectivity index (χ1) is 19.5. The van der Waals surface area contributed by atoms with Gasteiger partial charge in [-0.2, -0.15) is 0 Å². The molecular weight excluding hydrogens is 508 g/mol. The Morgan fingerprint density at radius 1 is 0.825 bits per heavy atom. The average molecular weight is 533 g/mol. The molecular formula is C32H24N2O6. The Kier molecular flexibility index (Phi) is 6.49. The highest BCUT2D eigenvalue weighted by Crippen LogP contribution is 2.28. The van der Waals surface area contributed by atoms with Crippen LogP contribution in [0.1, 0.15) is 17.4 Å². The van der Waals surface area contributed by atoms with Gasteiger partial charge in [0.15, 0.2) is 0 Å². The van der Waals surface area contributed by atoms with Crippen molar-refractivity contribution in [3.05, 3.63) is 142 Å². The van der Waals surface area contributed by atoms with Crippen LogP contribution in [0, 0.1) is 0 Å². The Hall–Kier alpha value is -5.37. The smallest absolute Gasteiger partial charge is 0.332 e. The van der Waals surface area contributed by atoms with E-state index in [4.69, 9.17) is 9.15 Å². The van der Waals surface area contributed by atoms with E-state index in [0.29, 0.717) is 28.3 Å². The Morgan fingerprint density at radius 2 is 1.55 bits per heavy atom. The predicted octanol–water partition coefficient (Wildman–Crippen LogP) is 5.62. The Labute approximate surface area is 227 Å². The summed E-state index contributed by atoms with van der Waals surface area (Å²) in [6, 6.07) is 29.3. The fraction of sp³-hybridized carbons (Fsp3) is 0.0938. The van der Waals surface area contributed by atoms with Gasteiger partial charge in [-0.05, 0) is 58.8 Å². The molecule has 40 heavy (non-hydrogen) atoms. The van der Waals surface area contributed by atoms with Crippen molar-refractivity contribution in [2.45, 2.75) is 19.0 Å². The lowest BCUT2D eigenvalue weighted by molar-refractivity contribution is -0.141. The van der Waals surface area contributed by atoms with E-state index in [0.717, 1.165) is 15.3 Å². The molecule has 0 saturated carbocycles. The second-order valence-electron chi connectivity index (χ2n) is 9.46. The number of ether oxygens (including phenoxy) is 1. The molecule has 6 aromatic rings. The van der Waals surface area contributed by atoms with Crippen LogP contribution in [0.15, 0.2) is 123 Å². The van der Waals surface area contributed by atoms with Gasteiger partial charge < -0.3 is 14.3 Å². The molecule has 0 aliphatic heterocycles. The Balaban J connectivity index is 1.50. The van der Waals surface area contributed by atoms with Crippen molar-refractivity contribution in [3.8, 4) is 11.5 Å². The van der Waals surface area contributed by atoms with Crippen LogP contribution < -0.4 is 16.0 Å². The summed E-state index contributed by atoms with van der Waals surface area (Å²) in [5, 5.41) is 12.4. The normalized spacial score (nSPS) is 12.0. The number of carbonyl (C=O) groups is 1. The molecule has 4 aromatic carbocycles. The van der Waals surface area contributed by atoms with E-state index in [-0.39, 0.29) is 18.4 Å². The minimum Gasteiger partial charge on any atom is -0.480 e. The van der Waals surface area contributed by atoms with E-state index in [1.807, 2.05) is 48.5 Å². The molecule has 0 aliphatic carbocycles. The molecule has 8 nitrogen and oxygen atoms in total. The average Bonchev–Trinajstić information content (AvgIpc) is 3.49. The fourth-order valence-corrected chi connectivity index (χ4v) is 4.91. The SMILES string of the molecule is O=C(O)C(Cc1ccccc1)n1c(=O)c2cc(Oc3ccc4ccccc4c3)ccc2n(Cc2ccco2)c1=O. The molecule has 0 aliphatic rings. The van der Waals surface area contributed by atoms with Gasteiger partial charge in [0.1, 0.15) is 23.3 Å². The number of furan rings is 1. The highest BCUT2D eigenvalue weighted by molar-refractivity contribution is 5.84. The summed E-state index contributed by atoms with van der Waals surface area (Å²) in [6.07, 6.45) is 1.45. The van der Waals surface area contributed by atoms with Crippen LogP contribution in [0.5, 0.6) is 11.5 Å². The number of hydrogen-bond acceptors (Lipinski definition) is 5. The van der Waals surface area contributed by atoms with Crippen molar-refractivity contribution in [3.63, 3.8) is 0 Å². The molecule has 0 saturated heterocycles. The van der Waals surface area contributed by atoms with E-state index in [2.05, 4.69) is 0 Å². The zero-order valence-electron chi connectivity index (χ0n) is 21.3. The molecule has 2 aromatic heterocycles.